The Morgan fingerprint density at radius 2 is 2.05 bits per heavy atom. The van der Waals surface area contributed by atoms with E-state index < -0.39 is 17.8 Å². The number of hydrogen-bond donors (Lipinski definition) is 1. The summed E-state index contributed by atoms with van der Waals surface area (Å²) in [4.78, 5) is 31.8. The topological polar surface area (TPSA) is 111 Å². The van der Waals surface area contributed by atoms with E-state index in [1.165, 1.54) is 12.1 Å². The summed E-state index contributed by atoms with van der Waals surface area (Å²) in [6.45, 7) is 3.76. The van der Waals surface area contributed by atoms with Gasteiger partial charge in [0.2, 0.25) is 0 Å². The molecule has 1 aromatic carbocycles. The zero-order chi connectivity index (χ0) is 25.5. The molecule has 0 aliphatic carbocycles. The summed E-state index contributed by atoms with van der Waals surface area (Å²) in [6, 6.07) is 8.38. The summed E-state index contributed by atoms with van der Waals surface area (Å²) in [6.07, 6.45) is 2.36. The molecule has 3 aromatic rings. The Bertz CT molecular complexity index is 1370. The Kier molecular flexibility index (Phi) is 6.07. The summed E-state index contributed by atoms with van der Waals surface area (Å²) in [7, 11) is 0. The molecule has 5 heterocycles. The van der Waals surface area contributed by atoms with Crippen molar-refractivity contribution < 1.29 is 23.5 Å². The molecule has 2 aromatic heterocycles. The van der Waals surface area contributed by atoms with E-state index in [4.69, 9.17) is 9.47 Å². The molecule has 1 saturated heterocycles. The highest BCUT2D eigenvalue weighted by molar-refractivity contribution is 6.04. The first-order valence-electron chi connectivity index (χ1n) is 12.5. The lowest BCUT2D eigenvalue weighted by molar-refractivity contribution is 0.0516. The van der Waals surface area contributed by atoms with E-state index in [9.17, 15) is 14.0 Å². The number of fused-ring (bicyclic) bond motifs is 2. The van der Waals surface area contributed by atoms with E-state index in [-0.39, 0.29) is 30.1 Å². The van der Waals surface area contributed by atoms with E-state index in [2.05, 4.69) is 32.0 Å². The number of ether oxygens (including phenoxy) is 2. The van der Waals surface area contributed by atoms with Crippen molar-refractivity contribution in [3.63, 3.8) is 0 Å². The molecule has 192 valence electrons. The predicted octanol–water partition coefficient (Wildman–Crippen LogP) is 3.52. The number of hydrogen-bond acceptors (Lipinski definition) is 7. The van der Waals surface area contributed by atoms with E-state index in [1.807, 2.05) is 6.07 Å². The molecule has 11 heteroatoms. The van der Waals surface area contributed by atoms with Gasteiger partial charge in [0.15, 0.2) is 5.82 Å². The Hall–Kier alpha value is -3.86. The molecule has 0 radical (unpaired) electrons. The lowest BCUT2D eigenvalue weighted by Crippen LogP contribution is -2.38. The number of carbonyl (C=O) groups excluding carboxylic acids is 2. The Morgan fingerprint density at radius 3 is 2.89 bits per heavy atom. The van der Waals surface area contributed by atoms with Gasteiger partial charge in [-0.05, 0) is 55.2 Å². The second-order valence-electron chi connectivity index (χ2n) is 9.70. The van der Waals surface area contributed by atoms with Gasteiger partial charge < -0.3 is 24.3 Å². The molecular weight excluding hydrogens is 479 g/mol. The molecule has 1 fully saturated rings. The van der Waals surface area contributed by atoms with Crippen LogP contribution in [0.25, 0.3) is 11.5 Å². The van der Waals surface area contributed by atoms with Crippen LogP contribution in [0.3, 0.4) is 0 Å². The van der Waals surface area contributed by atoms with Gasteiger partial charge in [-0.25, -0.2) is 14.2 Å². The van der Waals surface area contributed by atoms with Gasteiger partial charge in [0.25, 0.3) is 5.91 Å². The molecule has 10 nitrogen and oxygen atoms in total. The molecule has 6 rings (SSSR count). The minimum absolute atomic E-state index is 0.109. The van der Waals surface area contributed by atoms with Crippen molar-refractivity contribution in [2.75, 3.05) is 25.1 Å². The molecule has 0 spiro atoms. The van der Waals surface area contributed by atoms with Crippen molar-refractivity contribution in [2.24, 2.45) is 0 Å². The van der Waals surface area contributed by atoms with Crippen LogP contribution in [0, 0.1) is 5.82 Å². The van der Waals surface area contributed by atoms with Crippen molar-refractivity contribution >= 4 is 17.8 Å². The van der Waals surface area contributed by atoms with Crippen molar-refractivity contribution in [3.8, 4) is 11.5 Å². The normalized spacial score (nSPS) is 20.4. The van der Waals surface area contributed by atoms with Crippen LogP contribution in [0.15, 0.2) is 30.3 Å². The number of pyridine rings is 1. The zero-order valence-corrected chi connectivity index (χ0v) is 20.4. The summed E-state index contributed by atoms with van der Waals surface area (Å²) in [5, 5.41) is 11.2. The maximum Gasteiger partial charge on any atom is 0.410 e. The molecule has 0 bridgehead atoms. The Labute approximate surface area is 212 Å². The number of benzene rings is 1. The van der Waals surface area contributed by atoms with Gasteiger partial charge in [-0.2, -0.15) is 0 Å². The highest BCUT2D eigenvalue weighted by atomic mass is 19.1. The fourth-order valence-corrected chi connectivity index (χ4v) is 5.14. The second kappa shape index (κ2) is 9.55. The van der Waals surface area contributed by atoms with Crippen LogP contribution in [0.5, 0.6) is 0 Å². The summed E-state index contributed by atoms with van der Waals surface area (Å²) >= 11 is 0. The van der Waals surface area contributed by atoms with Gasteiger partial charge in [0.1, 0.15) is 29.3 Å². The third kappa shape index (κ3) is 4.55. The van der Waals surface area contributed by atoms with Crippen LogP contribution < -0.4 is 5.32 Å². The van der Waals surface area contributed by atoms with Gasteiger partial charge in [-0.3, -0.25) is 4.79 Å². The molecule has 2 atom stereocenters. The number of carbonyl (C=O) groups is 2. The first-order chi connectivity index (χ1) is 18.0. The van der Waals surface area contributed by atoms with Crippen molar-refractivity contribution in [2.45, 2.75) is 51.3 Å². The van der Waals surface area contributed by atoms with Crippen molar-refractivity contribution in [3.05, 3.63) is 58.7 Å². The van der Waals surface area contributed by atoms with Crippen LogP contribution in [0.4, 0.5) is 15.0 Å². The number of aromatic nitrogens is 4. The average Bonchev–Trinajstić information content (AvgIpc) is 3.63. The number of amides is 2. The highest BCUT2D eigenvalue weighted by Gasteiger charge is 2.28. The lowest BCUT2D eigenvalue weighted by atomic mass is 9.96. The van der Waals surface area contributed by atoms with Crippen molar-refractivity contribution in [1.82, 2.24) is 24.6 Å². The number of nitrogens with one attached hydrogen (secondary N) is 1. The van der Waals surface area contributed by atoms with Crippen LogP contribution in [-0.2, 0) is 28.9 Å². The maximum absolute atomic E-state index is 14.9. The highest BCUT2D eigenvalue weighted by Crippen LogP contribution is 2.30. The van der Waals surface area contributed by atoms with E-state index >= 15 is 0 Å². The summed E-state index contributed by atoms with van der Waals surface area (Å²) < 4.78 is 27.8. The van der Waals surface area contributed by atoms with Gasteiger partial charge >= 0.3 is 6.09 Å². The predicted molar refractivity (Wildman–Crippen MR) is 130 cm³/mol. The fourth-order valence-electron chi connectivity index (χ4n) is 5.14. The standard InChI is InChI=1S/C26H27FN6O4/c1-15-5-6-23-30-31-24(33(15)23)21-3-2-4-22(28-21)29-25(34)19-11-17-13-32(9-7-16(17)12-20(19)27)26(35)37-18-8-10-36-14-18/h2-4,11-12,15,18H,5-10,13-14H2,1H3,(H,28,29,34)/t15-,18?/m1/s1. The van der Waals surface area contributed by atoms with Gasteiger partial charge in [0, 0.05) is 32.0 Å². The number of rotatable bonds is 4. The molecule has 0 saturated carbocycles. The summed E-state index contributed by atoms with van der Waals surface area (Å²) in [5.74, 6) is 0.617. The third-order valence-corrected chi connectivity index (χ3v) is 7.17. The van der Waals surface area contributed by atoms with Crippen LogP contribution in [0.1, 0.15) is 53.1 Å². The van der Waals surface area contributed by atoms with Gasteiger partial charge in [-0.1, -0.05) is 6.07 Å². The van der Waals surface area contributed by atoms with E-state index in [0.717, 1.165) is 24.2 Å². The van der Waals surface area contributed by atoms with Crippen LogP contribution in [0.2, 0.25) is 0 Å². The molecule has 3 aliphatic heterocycles. The third-order valence-electron chi connectivity index (χ3n) is 7.17. The number of anilines is 1. The number of nitrogens with zero attached hydrogens (tertiary/aromatic N) is 5. The van der Waals surface area contributed by atoms with E-state index in [1.54, 1.807) is 17.0 Å². The lowest BCUT2D eigenvalue weighted by Gasteiger charge is -2.29. The van der Waals surface area contributed by atoms with Crippen LogP contribution in [-0.4, -0.2) is 62.5 Å². The monoisotopic (exact) mass is 506 g/mol. The van der Waals surface area contributed by atoms with Gasteiger partial charge in [0.05, 0.1) is 18.8 Å². The second-order valence-corrected chi connectivity index (χ2v) is 9.70. The quantitative estimate of drug-likeness (QED) is 0.576. The van der Waals surface area contributed by atoms with E-state index in [0.29, 0.717) is 49.7 Å². The zero-order valence-electron chi connectivity index (χ0n) is 20.4. The fraction of sp³-hybridized carbons (Fsp3) is 0.423. The Balaban J connectivity index is 1.19. The maximum atomic E-state index is 14.9. The average molecular weight is 507 g/mol. The van der Waals surface area contributed by atoms with Gasteiger partial charge in [-0.15, -0.1) is 10.2 Å². The molecule has 3 aliphatic rings. The smallest absolute Gasteiger partial charge is 0.410 e. The first-order valence-corrected chi connectivity index (χ1v) is 12.5. The molecular formula is C26H27FN6O4. The minimum atomic E-state index is -0.618. The SMILES string of the molecule is C[C@@H]1CCc2nnc(-c3cccc(NC(=O)c4cc5c(cc4F)CCN(C(=O)OC4CCOC4)C5)n3)n21. The van der Waals surface area contributed by atoms with Crippen molar-refractivity contribution in [1.29, 1.82) is 0 Å². The molecule has 1 unspecified atom stereocenters. The number of aryl methyl sites for hydroxylation is 1. The largest absolute Gasteiger partial charge is 0.444 e. The number of halogens is 1. The summed E-state index contributed by atoms with van der Waals surface area (Å²) in [5.41, 5.74) is 1.96. The minimum Gasteiger partial charge on any atom is -0.444 e. The van der Waals surface area contributed by atoms with Crippen LogP contribution >= 0.6 is 0 Å². The molecule has 1 N–H and O–H groups in total. The molecule has 2 amide bonds. The first kappa shape index (κ1) is 23.5. The Morgan fingerprint density at radius 1 is 1.16 bits per heavy atom. The molecule has 37 heavy (non-hydrogen) atoms.